The summed E-state index contributed by atoms with van der Waals surface area (Å²) in [5.74, 6) is 0.651. The molecule has 2 bridgehead atoms. The summed E-state index contributed by atoms with van der Waals surface area (Å²) in [5.41, 5.74) is 1.17. The first kappa shape index (κ1) is 16.6. The molecule has 1 N–H and O–H groups in total. The van der Waals surface area contributed by atoms with Crippen LogP contribution in [0.4, 0.5) is 4.79 Å². The third-order valence-corrected chi connectivity index (χ3v) is 6.10. The van der Waals surface area contributed by atoms with Gasteiger partial charge in [-0.25, -0.2) is 4.79 Å². The highest BCUT2D eigenvalue weighted by Gasteiger charge is 2.36. The number of fused-ring (bicyclic) bond motifs is 4. The average Bonchev–Trinajstić information content (AvgIpc) is 2.63. The Morgan fingerprint density at radius 2 is 1.96 bits per heavy atom. The van der Waals surface area contributed by atoms with E-state index >= 15 is 0 Å². The number of pyridine rings is 1. The minimum atomic E-state index is 0.0577. The number of likely N-dealkylation sites (tertiary alicyclic amines) is 1. The highest BCUT2D eigenvalue weighted by atomic mass is 16.5. The van der Waals surface area contributed by atoms with Crippen LogP contribution in [0.5, 0.6) is 0 Å². The van der Waals surface area contributed by atoms with Crippen LogP contribution in [0.2, 0.25) is 0 Å². The van der Waals surface area contributed by atoms with Crippen LogP contribution in [0.25, 0.3) is 0 Å². The molecule has 25 heavy (non-hydrogen) atoms. The number of piperidine rings is 1. The first-order valence-electron chi connectivity index (χ1n) is 9.42. The zero-order valence-corrected chi connectivity index (χ0v) is 14.8. The summed E-state index contributed by atoms with van der Waals surface area (Å²) in [7, 11) is 1.76. The van der Waals surface area contributed by atoms with E-state index in [-0.39, 0.29) is 23.6 Å². The van der Waals surface area contributed by atoms with E-state index in [0.29, 0.717) is 18.6 Å². The van der Waals surface area contributed by atoms with Crippen LogP contribution in [0.3, 0.4) is 0 Å². The molecule has 1 saturated heterocycles. The first-order chi connectivity index (χ1) is 12.1. The molecular formula is C19H27N3O3. The number of rotatable bonds is 2. The molecule has 2 atom stereocenters. The largest absolute Gasteiger partial charge is 0.381 e. The van der Waals surface area contributed by atoms with Crippen molar-refractivity contribution in [3.05, 3.63) is 34.2 Å². The fraction of sp³-hybridized carbons (Fsp3) is 0.684. The van der Waals surface area contributed by atoms with Crippen LogP contribution in [0.1, 0.15) is 43.7 Å². The molecule has 6 nitrogen and oxygen atoms in total. The predicted octanol–water partition coefficient (Wildman–Crippen LogP) is 1.93. The maximum absolute atomic E-state index is 12.7. The van der Waals surface area contributed by atoms with Gasteiger partial charge in [0.2, 0.25) is 0 Å². The van der Waals surface area contributed by atoms with Gasteiger partial charge in [0.1, 0.15) is 0 Å². The number of amides is 2. The van der Waals surface area contributed by atoms with Crippen molar-refractivity contribution in [2.24, 2.45) is 5.92 Å². The second-order valence-corrected chi connectivity index (χ2v) is 7.76. The zero-order chi connectivity index (χ0) is 17.4. The minimum Gasteiger partial charge on any atom is -0.381 e. The molecule has 1 aromatic rings. The van der Waals surface area contributed by atoms with Crippen LogP contribution in [-0.4, -0.2) is 47.8 Å². The lowest BCUT2D eigenvalue weighted by molar-refractivity contribution is 0.0617. The topological polar surface area (TPSA) is 63.6 Å². The Bertz CT molecular complexity index is 693. The van der Waals surface area contributed by atoms with E-state index < -0.39 is 0 Å². The van der Waals surface area contributed by atoms with Crippen molar-refractivity contribution in [1.29, 1.82) is 0 Å². The molecule has 2 amide bonds. The van der Waals surface area contributed by atoms with Gasteiger partial charge in [-0.3, -0.25) is 4.79 Å². The van der Waals surface area contributed by atoms with Gasteiger partial charge in [-0.15, -0.1) is 0 Å². The lowest BCUT2D eigenvalue weighted by atomic mass is 9.83. The molecular weight excluding hydrogens is 318 g/mol. The fourth-order valence-electron chi connectivity index (χ4n) is 4.77. The summed E-state index contributed by atoms with van der Waals surface area (Å²) in [6.07, 6.45) is 5.43. The van der Waals surface area contributed by atoms with E-state index in [1.165, 1.54) is 0 Å². The molecule has 1 aliphatic carbocycles. The lowest BCUT2D eigenvalue weighted by Crippen LogP contribution is -2.53. The number of hydrogen-bond donors (Lipinski definition) is 1. The van der Waals surface area contributed by atoms with Crippen molar-refractivity contribution in [1.82, 2.24) is 14.8 Å². The Kier molecular flexibility index (Phi) is 4.54. The van der Waals surface area contributed by atoms with Gasteiger partial charge in [-0.2, -0.15) is 0 Å². The van der Waals surface area contributed by atoms with Gasteiger partial charge in [0, 0.05) is 50.5 Å². The molecule has 6 heteroatoms. The zero-order valence-electron chi connectivity index (χ0n) is 14.8. The molecule has 3 aliphatic rings. The number of aromatic nitrogens is 1. The molecule has 2 fully saturated rings. The number of nitrogens with zero attached hydrogens (tertiary/aromatic N) is 2. The number of carbonyl (C=O) groups excluding carboxylic acids is 1. The van der Waals surface area contributed by atoms with Crippen LogP contribution in [-0.2, 0) is 11.3 Å². The minimum absolute atomic E-state index is 0.0577. The van der Waals surface area contributed by atoms with Crippen molar-refractivity contribution < 1.29 is 9.53 Å². The smallest absolute Gasteiger partial charge is 0.317 e. The third-order valence-electron chi connectivity index (χ3n) is 6.10. The molecule has 0 aromatic carbocycles. The van der Waals surface area contributed by atoms with E-state index in [9.17, 15) is 9.59 Å². The summed E-state index contributed by atoms with van der Waals surface area (Å²) in [6.45, 7) is 2.18. The van der Waals surface area contributed by atoms with Crippen molar-refractivity contribution in [3.8, 4) is 0 Å². The molecule has 4 rings (SSSR count). The molecule has 1 aromatic heterocycles. The summed E-state index contributed by atoms with van der Waals surface area (Å²) < 4.78 is 7.31. The van der Waals surface area contributed by atoms with Crippen molar-refractivity contribution in [2.45, 2.75) is 56.7 Å². The first-order valence-corrected chi connectivity index (χ1v) is 9.42. The molecule has 136 valence electrons. The molecule has 3 heterocycles. The van der Waals surface area contributed by atoms with Gasteiger partial charge in [-0.05, 0) is 44.1 Å². The van der Waals surface area contributed by atoms with Gasteiger partial charge in [0.25, 0.3) is 5.56 Å². The molecule has 0 unspecified atom stereocenters. The second-order valence-electron chi connectivity index (χ2n) is 7.76. The molecule has 2 aliphatic heterocycles. The predicted molar refractivity (Wildman–Crippen MR) is 94.7 cm³/mol. The summed E-state index contributed by atoms with van der Waals surface area (Å²) in [4.78, 5) is 26.8. The number of carbonyl (C=O) groups is 1. The Morgan fingerprint density at radius 3 is 2.72 bits per heavy atom. The van der Waals surface area contributed by atoms with Crippen LogP contribution < -0.4 is 10.9 Å². The SMILES string of the molecule is COC1CCC(NC(=O)N2C[C@@H]3C[C@H](C2)c2cccc(=O)n2C3)CC1. The van der Waals surface area contributed by atoms with E-state index in [1.54, 1.807) is 13.2 Å². The Balaban J connectivity index is 1.40. The Morgan fingerprint density at radius 1 is 1.16 bits per heavy atom. The van der Waals surface area contributed by atoms with E-state index in [0.717, 1.165) is 50.9 Å². The summed E-state index contributed by atoms with van der Waals surface area (Å²) >= 11 is 0. The average molecular weight is 345 g/mol. The van der Waals surface area contributed by atoms with Gasteiger partial charge >= 0.3 is 6.03 Å². The highest BCUT2D eigenvalue weighted by Crippen LogP contribution is 2.35. The van der Waals surface area contributed by atoms with Crippen molar-refractivity contribution in [2.75, 3.05) is 20.2 Å². The highest BCUT2D eigenvalue weighted by molar-refractivity contribution is 5.74. The normalized spacial score (nSPS) is 31.3. The van der Waals surface area contributed by atoms with Crippen molar-refractivity contribution in [3.63, 3.8) is 0 Å². The second kappa shape index (κ2) is 6.83. The van der Waals surface area contributed by atoms with Gasteiger partial charge in [-0.1, -0.05) is 6.07 Å². The summed E-state index contributed by atoms with van der Waals surface area (Å²) in [6, 6.07) is 5.82. The number of nitrogens with one attached hydrogen (secondary N) is 1. The van der Waals surface area contributed by atoms with Gasteiger partial charge < -0.3 is 19.5 Å². The molecule has 0 spiro atoms. The third kappa shape index (κ3) is 3.32. The summed E-state index contributed by atoms with van der Waals surface area (Å²) in [5, 5.41) is 3.22. The van der Waals surface area contributed by atoms with E-state index in [2.05, 4.69) is 5.32 Å². The number of hydrogen-bond acceptors (Lipinski definition) is 3. The van der Waals surface area contributed by atoms with E-state index in [1.807, 2.05) is 21.6 Å². The van der Waals surface area contributed by atoms with Crippen LogP contribution in [0.15, 0.2) is 23.0 Å². The van der Waals surface area contributed by atoms with Crippen LogP contribution in [0, 0.1) is 5.92 Å². The van der Waals surface area contributed by atoms with Crippen molar-refractivity contribution >= 4 is 6.03 Å². The monoisotopic (exact) mass is 345 g/mol. The Hall–Kier alpha value is -1.82. The quantitative estimate of drug-likeness (QED) is 0.891. The maximum Gasteiger partial charge on any atom is 0.317 e. The molecule has 0 radical (unpaired) electrons. The van der Waals surface area contributed by atoms with Crippen LogP contribution >= 0.6 is 0 Å². The van der Waals surface area contributed by atoms with E-state index in [4.69, 9.17) is 4.74 Å². The lowest BCUT2D eigenvalue weighted by Gasteiger charge is -2.43. The number of methoxy groups -OCH3 is 1. The van der Waals surface area contributed by atoms with Gasteiger partial charge in [0.15, 0.2) is 0 Å². The molecule has 1 saturated carbocycles. The fourth-order valence-corrected chi connectivity index (χ4v) is 4.77. The van der Waals surface area contributed by atoms with Gasteiger partial charge in [0.05, 0.1) is 6.10 Å². The Labute approximate surface area is 148 Å². The standard InChI is InChI=1S/C19H27N3O3/c1-25-16-7-5-15(6-8-16)20-19(24)21-10-13-9-14(12-21)17-3-2-4-18(23)22(17)11-13/h2-4,13-16H,5-12H2,1H3,(H,20,24)/t13-,14+,15?,16?/m0/s1. The number of ether oxygens (including phenoxy) is 1. The number of urea groups is 1. The maximum atomic E-state index is 12.7.